The van der Waals surface area contributed by atoms with Crippen LogP contribution in [-0.2, 0) is 4.79 Å². The van der Waals surface area contributed by atoms with Gasteiger partial charge in [0.25, 0.3) is 11.1 Å². The molecule has 0 unspecified atom stereocenters. The van der Waals surface area contributed by atoms with Crippen LogP contribution in [0.3, 0.4) is 0 Å². The van der Waals surface area contributed by atoms with E-state index in [1.165, 1.54) is 30.3 Å². The fourth-order valence-electron chi connectivity index (χ4n) is 1.41. The Labute approximate surface area is 111 Å². The number of carbonyl (C=O) groups is 2. The highest BCUT2D eigenvalue weighted by molar-refractivity contribution is 8.18. The van der Waals surface area contributed by atoms with E-state index in [1.807, 2.05) is 0 Å². The highest BCUT2D eigenvalue weighted by Crippen LogP contribution is 2.27. The number of rotatable bonds is 3. The molecule has 0 aliphatic carbocycles. The molecule has 1 aromatic rings. The van der Waals surface area contributed by atoms with Gasteiger partial charge in [-0.15, -0.1) is 0 Å². The normalized spacial score (nSPS) is 17.7. The van der Waals surface area contributed by atoms with E-state index in [0.717, 1.165) is 11.8 Å². The molecule has 1 aromatic carbocycles. The molecule has 0 atom stereocenters. The van der Waals surface area contributed by atoms with Crippen LogP contribution in [0.4, 0.5) is 13.6 Å². The second-order valence-electron chi connectivity index (χ2n) is 3.83. The lowest BCUT2D eigenvalue weighted by molar-refractivity contribution is -0.158. The third-order valence-corrected chi connectivity index (χ3v) is 2.93. The fourth-order valence-corrected chi connectivity index (χ4v) is 2.09. The van der Waals surface area contributed by atoms with Crippen molar-refractivity contribution in [1.29, 1.82) is 0 Å². The highest BCUT2D eigenvalue weighted by atomic mass is 32.2. The minimum absolute atomic E-state index is 0.0225. The summed E-state index contributed by atoms with van der Waals surface area (Å²) in [6, 6.07) is 5.77. The molecule has 0 bridgehead atoms. The van der Waals surface area contributed by atoms with E-state index in [0.29, 0.717) is 12.5 Å². The van der Waals surface area contributed by atoms with E-state index in [1.54, 1.807) is 0 Å². The van der Waals surface area contributed by atoms with Crippen LogP contribution < -0.4 is 10.1 Å². The van der Waals surface area contributed by atoms with Crippen molar-refractivity contribution in [2.75, 3.05) is 0 Å². The van der Waals surface area contributed by atoms with Gasteiger partial charge in [-0.1, -0.05) is 12.1 Å². The van der Waals surface area contributed by atoms with Gasteiger partial charge in [-0.3, -0.25) is 14.9 Å². The molecule has 0 saturated carbocycles. The third kappa shape index (κ3) is 3.78. The molecule has 1 N–H and O–H groups in total. The molecule has 7 heteroatoms. The highest BCUT2D eigenvalue weighted by Gasteiger charge is 2.25. The Morgan fingerprint density at radius 1 is 1.26 bits per heavy atom. The summed E-state index contributed by atoms with van der Waals surface area (Å²) in [4.78, 5) is 22.5. The lowest BCUT2D eigenvalue weighted by Crippen LogP contribution is -2.18. The smallest absolute Gasteiger partial charge is 0.394 e. The monoisotopic (exact) mass is 285 g/mol. The number of alkyl halides is 2. The van der Waals surface area contributed by atoms with E-state index in [2.05, 4.69) is 10.1 Å². The molecule has 1 aliphatic rings. The minimum Gasteiger partial charge on any atom is -0.433 e. The van der Waals surface area contributed by atoms with E-state index in [4.69, 9.17) is 0 Å². The summed E-state index contributed by atoms with van der Waals surface area (Å²) < 4.78 is 29.6. The lowest BCUT2D eigenvalue weighted by atomic mass is 10.2. The summed E-state index contributed by atoms with van der Waals surface area (Å²) in [5.41, 5.74) is 0.610. The largest absolute Gasteiger partial charge is 0.433 e. The molecule has 0 radical (unpaired) electrons. The zero-order valence-electron chi connectivity index (χ0n) is 9.78. The van der Waals surface area contributed by atoms with Gasteiger partial charge < -0.3 is 4.74 Å². The molecule has 19 heavy (non-hydrogen) atoms. The van der Waals surface area contributed by atoms with Crippen LogP contribution in [0, 0.1) is 0 Å². The maximum atomic E-state index is 12.6. The number of carbonyl (C=O) groups excluding carboxylic acids is 2. The number of benzene rings is 1. The van der Waals surface area contributed by atoms with Gasteiger partial charge in [0, 0.05) is 6.92 Å². The first-order valence-corrected chi connectivity index (χ1v) is 6.07. The SMILES string of the molecule is CC(F)(F)Oc1ccc(/C=C2/SC(=O)NC2=O)cc1. The first kappa shape index (κ1) is 13.5. The molecular formula is C12H9F2NO3S. The molecule has 100 valence electrons. The van der Waals surface area contributed by atoms with Crippen LogP contribution in [0.15, 0.2) is 29.2 Å². The summed E-state index contributed by atoms with van der Waals surface area (Å²) in [7, 11) is 0. The summed E-state index contributed by atoms with van der Waals surface area (Å²) in [6.45, 7) is 0.647. The Bertz CT molecular complexity index is 549. The average molecular weight is 285 g/mol. The summed E-state index contributed by atoms with van der Waals surface area (Å²) in [5.74, 6) is -0.440. The number of hydrogen-bond donors (Lipinski definition) is 1. The van der Waals surface area contributed by atoms with Gasteiger partial charge in [0.1, 0.15) is 5.75 Å². The Morgan fingerprint density at radius 2 is 1.89 bits per heavy atom. The number of halogens is 2. The lowest BCUT2D eigenvalue weighted by Gasteiger charge is -2.12. The first-order valence-electron chi connectivity index (χ1n) is 5.25. The number of hydrogen-bond acceptors (Lipinski definition) is 4. The Hall–Kier alpha value is -1.89. The van der Waals surface area contributed by atoms with Gasteiger partial charge in [0.05, 0.1) is 4.91 Å². The number of thioether (sulfide) groups is 1. The van der Waals surface area contributed by atoms with Gasteiger partial charge in [0.2, 0.25) is 0 Å². The topological polar surface area (TPSA) is 55.4 Å². The molecule has 2 amide bonds. The maximum Gasteiger partial charge on any atom is 0.394 e. The van der Waals surface area contributed by atoms with E-state index < -0.39 is 17.3 Å². The van der Waals surface area contributed by atoms with Crippen molar-refractivity contribution in [3.63, 3.8) is 0 Å². The van der Waals surface area contributed by atoms with Gasteiger partial charge >= 0.3 is 6.11 Å². The number of amides is 2. The van der Waals surface area contributed by atoms with Crippen LogP contribution in [0.2, 0.25) is 0 Å². The predicted octanol–water partition coefficient (Wildman–Crippen LogP) is 3.00. The molecular weight excluding hydrogens is 276 g/mol. The Morgan fingerprint density at radius 3 is 2.37 bits per heavy atom. The van der Waals surface area contributed by atoms with E-state index in [9.17, 15) is 18.4 Å². The van der Waals surface area contributed by atoms with Crippen LogP contribution in [0.1, 0.15) is 12.5 Å². The van der Waals surface area contributed by atoms with Gasteiger partial charge in [-0.25, -0.2) is 0 Å². The standard InChI is InChI=1S/C12H9F2NO3S/c1-12(13,14)18-8-4-2-7(3-5-8)6-9-10(16)15-11(17)19-9/h2-6H,1H3,(H,15,16,17)/b9-6+. The molecule has 0 aromatic heterocycles. The average Bonchev–Trinajstić information content (AvgIpc) is 2.58. The predicted molar refractivity (Wildman–Crippen MR) is 66.8 cm³/mol. The fraction of sp³-hybridized carbons (Fsp3) is 0.167. The van der Waals surface area contributed by atoms with Crippen molar-refractivity contribution in [2.24, 2.45) is 0 Å². The van der Waals surface area contributed by atoms with Crippen molar-refractivity contribution < 1.29 is 23.1 Å². The van der Waals surface area contributed by atoms with Crippen molar-refractivity contribution in [3.05, 3.63) is 34.7 Å². The number of ether oxygens (including phenoxy) is 1. The van der Waals surface area contributed by atoms with Crippen LogP contribution in [0.5, 0.6) is 5.75 Å². The summed E-state index contributed by atoms with van der Waals surface area (Å²) >= 11 is 0.793. The van der Waals surface area contributed by atoms with Crippen LogP contribution in [0.25, 0.3) is 6.08 Å². The van der Waals surface area contributed by atoms with Crippen molar-refractivity contribution in [1.82, 2.24) is 5.32 Å². The van der Waals surface area contributed by atoms with Gasteiger partial charge in [0.15, 0.2) is 0 Å². The van der Waals surface area contributed by atoms with Gasteiger partial charge in [-0.05, 0) is 35.5 Å². The Balaban J connectivity index is 2.13. The molecule has 1 aliphatic heterocycles. The molecule has 1 fully saturated rings. The van der Waals surface area contributed by atoms with E-state index >= 15 is 0 Å². The first-order chi connectivity index (χ1) is 8.83. The number of nitrogens with one attached hydrogen (secondary N) is 1. The molecule has 1 heterocycles. The molecule has 1 saturated heterocycles. The number of imide groups is 1. The minimum atomic E-state index is -3.24. The van der Waals surface area contributed by atoms with Gasteiger partial charge in [-0.2, -0.15) is 8.78 Å². The van der Waals surface area contributed by atoms with E-state index in [-0.39, 0.29) is 10.7 Å². The van der Waals surface area contributed by atoms with Crippen molar-refractivity contribution >= 4 is 29.0 Å². The quantitative estimate of drug-likeness (QED) is 0.867. The Kier molecular flexibility index (Phi) is 3.57. The molecule has 2 rings (SSSR count). The van der Waals surface area contributed by atoms with Crippen LogP contribution in [-0.4, -0.2) is 17.3 Å². The molecule has 4 nitrogen and oxygen atoms in total. The van der Waals surface area contributed by atoms with Crippen molar-refractivity contribution in [2.45, 2.75) is 13.0 Å². The van der Waals surface area contributed by atoms with Crippen molar-refractivity contribution in [3.8, 4) is 5.75 Å². The summed E-state index contributed by atoms with van der Waals surface area (Å²) in [5, 5.41) is 1.69. The third-order valence-electron chi connectivity index (χ3n) is 2.12. The zero-order valence-corrected chi connectivity index (χ0v) is 10.6. The molecule has 0 spiro atoms. The second-order valence-corrected chi connectivity index (χ2v) is 4.85. The van der Waals surface area contributed by atoms with Crippen LogP contribution >= 0.6 is 11.8 Å². The maximum absolute atomic E-state index is 12.6. The summed E-state index contributed by atoms with van der Waals surface area (Å²) in [6.07, 6.45) is -1.74. The zero-order chi connectivity index (χ0) is 14.0. The second kappa shape index (κ2) is 5.00.